The maximum absolute atomic E-state index is 14.5. The molecule has 1 atom stereocenters. The van der Waals surface area contributed by atoms with Gasteiger partial charge >= 0.3 is 0 Å². The van der Waals surface area contributed by atoms with Gasteiger partial charge in [-0.3, -0.25) is 13.9 Å². The minimum absolute atomic E-state index is 0.0613. The van der Waals surface area contributed by atoms with Crippen molar-refractivity contribution in [3.8, 4) is 17.2 Å². The van der Waals surface area contributed by atoms with E-state index < -0.39 is 34.4 Å². The molecule has 4 aromatic carbocycles. The van der Waals surface area contributed by atoms with Gasteiger partial charge in [0.05, 0.1) is 41.5 Å². The summed E-state index contributed by atoms with van der Waals surface area (Å²) < 4.78 is 46.0. The molecule has 48 heavy (non-hydrogen) atoms. The molecule has 0 saturated carbocycles. The van der Waals surface area contributed by atoms with Crippen LogP contribution in [0.2, 0.25) is 10.0 Å². The van der Waals surface area contributed by atoms with Gasteiger partial charge in [-0.05, 0) is 66.6 Å². The van der Waals surface area contributed by atoms with Crippen LogP contribution in [0.25, 0.3) is 0 Å². The van der Waals surface area contributed by atoms with Gasteiger partial charge in [-0.2, -0.15) is 0 Å². The lowest BCUT2D eigenvalue weighted by Gasteiger charge is -2.33. The van der Waals surface area contributed by atoms with E-state index in [-0.39, 0.29) is 34.3 Å². The van der Waals surface area contributed by atoms with Gasteiger partial charge in [0.25, 0.3) is 10.0 Å². The second-order valence-electron chi connectivity index (χ2n) is 10.5. The number of methoxy groups -OCH3 is 2. The third-order valence-electron chi connectivity index (χ3n) is 7.51. The monoisotopic (exact) mass is 713 g/mol. The molecule has 4 rings (SSSR count). The summed E-state index contributed by atoms with van der Waals surface area (Å²) in [6.07, 6.45) is 0.166. The summed E-state index contributed by atoms with van der Waals surface area (Å²) in [6, 6.07) is 23.7. The number of carbonyl (C=O) groups is 2. The van der Waals surface area contributed by atoms with Crippen LogP contribution in [0.4, 0.5) is 5.69 Å². The number of nitrogens with zero attached hydrogens (tertiary/aromatic N) is 2. The molecule has 0 saturated heterocycles. The van der Waals surface area contributed by atoms with E-state index in [1.165, 1.54) is 44.4 Å². The standard InChI is InChI=1S/C35H37Cl2N3O7S/c1-5-47-27-14-12-26(13-15-27)40(48(43,44)28-16-18-32(45-3)33(21-28)46-4)23-34(41)39(22-25-11-17-29(36)30(37)19-25)31(35(42)38-2)20-24-9-7-6-8-10-24/h6-19,21,31H,5,20,22-23H2,1-4H3,(H,38,42)/t31-/m0/s1. The van der Waals surface area contributed by atoms with Gasteiger partial charge in [0.2, 0.25) is 11.8 Å². The fraction of sp³-hybridized carbons (Fsp3) is 0.257. The number of amides is 2. The van der Waals surface area contributed by atoms with Crippen molar-refractivity contribution >= 4 is 50.7 Å². The predicted octanol–water partition coefficient (Wildman–Crippen LogP) is 5.99. The molecule has 0 aliphatic carbocycles. The third kappa shape index (κ3) is 8.71. The van der Waals surface area contributed by atoms with E-state index in [9.17, 15) is 18.0 Å². The van der Waals surface area contributed by atoms with Gasteiger partial charge < -0.3 is 24.4 Å². The molecule has 0 fully saturated rings. The Hall–Kier alpha value is -4.45. The number of benzene rings is 4. The molecule has 0 heterocycles. The third-order valence-corrected chi connectivity index (χ3v) is 10.0. The van der Waals surface area contributed by atoms with E-state index in [1.54, 1.807) is 42.5 Å². The van der Waals surface area contributed by atoms with Crippen molar-refractivity contribution in [3.05, 3.63) is 112 Å². The molecule has 0 radical (unpaired) electrons. The van der Waals surface area contributed by atoms with Crippen LogP contribution in [0.1, 0.15) is 18.1 Å². The molecule has 0 aliphatic rings. The average molecular weight is 715 g/mol. The van der Waals surface area contributed by atoms with Crippen molar-refractivity contribution in [3.63, 3.8) is 0 Å². The number of likely N-dealkylation sites (N-methyl/N-ethyl adjacent to an activating group) is 1. The molecular weight excluding hydrogens is 677 g/mol. The van der Waals surface area contributed by atoms with Crippen molar-refractivity contribution in [2.45, 2.75) is 30.8 Å². The van der Waals surface area contributed by atoms with E-state index in [0.29, 0.717) is 28.7 Å². The van der Waals surface area contributed by atoms with Crippen molar-refractivity contribution in [2.75, 3.05) is 38.7 Å². The molecule has 13 heteroatoms. The number of carbonyl (C=O) groups excluding carboxylic acids is 2. The van der Waals surface area contributed by atoms with Crippen molar-refractivity contribution in [2.24, 2.45) is 0 Å². The Bertz CT molecular complexity index is 1820. The van der Waals surface area contributed by atoms with Crippen LogP contribution in [0.3, 0.4) is 0 Å². The molecule has 0 aliphatic heterocycles. The number of sulfonamides is 1. The highest BCUT2D eigenvalue weighted by Gasteiger charge is 2.35. The molecule has 0 aromatic heterocycles. The zero-order valence-electron chi connectivity index (χ0n) is 27.0. The highest BCUT2D eigenvalue weighted by molar-refractivity contribution is 7.92. The summed E-state index contributed by atoms with van der Waals surface area (Å²) in [7, 11) is -0.0691. The first-order chi connectivity index (χ1) is 23.0. The smallest absolute Gasteiger partial charge is 0.264 e. The molecule has 0 spiro atoms. The number of rotatable bonds is 15. The molecular formula is C35H37Cl2N3O7S. The van der Waals surface area contributed by atoms with Crippen molar-refractivity contribution < 1.29 is 32.2 Å². The van der Waals surface area contributed by atoms with Crippen LogP contribution in [-0.4, -0.2) is 65.6 Å². The SMILES string of the molecule is CCOc1ccc(N(CC(=O)N(Cc2ccc(Cl)c(Cl)c2)[C@@H](Cc2ccccc2)C(=O)NC)S(=O)(=O)c2ccc(OC)c(OC)c2)cc1. The maximum Gasteiger partial charge on any atom is 0.264 e. The summed E-state index contributed by atoms with van der Waals surface area (Å²) >= 11 is 12.5. The van der Waals surface area contributed by atoms with Gasteiger partial charge in [0.1, 0.15) is 18.3 Å². The van der Waals surface area contributed by atoms with Gasteiger partial charge in [0, 0.05) is 26.1 Å². The Kier molecular flexibility index (Phi) is 12.6. The Labute approximate surface area is 291 Å². The lowest BCUT2D eigenvalue weighted by Crippen LogP contribution is -2.53. The van der Waals surface area contributed by atoms with Crippen LogP contribution in [0, 0.1) is 0 Å². The summed E-state index contributed by atoms with van der Waals surface area (Å²) in [5, 5.41) is 3.26. The quantitative estimate of drug-likeness (QED) is 0.161. The first kappa shape index (κ1) is 36.4. The second-order valence-corrected chi connectivity index (χ2v) is 13.2. The second kappa shape index (κ2) is 16.6. The number of anilines is 1. The molecule has 1 N–H and O–H groups in total. The zero-order valence-corrected chi connectivity index (χ0v) is 29.3. The number of hydrogen-bond acceptors (Lipinski definition) is 7. The van der Waals surface area contributed by atoms with Crippen LogP contribution < -0.4 is 23.8 Å². The average Bonchev–Trinajstić information content (AvgIpc) is 3.10. The van der Waals surface area contributed by atoms with E-state index in [2.05, 4.69) is 5.32 Å². The summed E-state index contributed by atoms with van der Waals surface area (Å²) in [4.78, 5) is 29.2. The summed E-state index contributed by atoms with van der Waals surface area (Å²) in [6.45, 7) is 1.54. The van der Waals surface area contributed by atoms with Gasteiger partial charge in [-0.15, -0.1) is 0 Å². The number of hydrogen-bond donors (Lipinski definition) is 1. The maximum atomic E-state index is 14.5. The predicted molar refractivity (Wildman–Crippen MR) is 187 cm³/mol. The molecule has 0 unspecified atom stereocenters. The highest BCUT2D eigenvalue weighted by Crippen LogP contribution is 2.33. The van der Waals surface area contributed by atoms with Crippen LogP contribution in [-0.2, 0) is 32.6 Å². The first-order valence-corrected chi connectivity index (χ1v) is 17.2. The normalized spacial score (nSPS) is 11.7. The molecule has 4 aromatic rings. The zero-order chi connectivity index (χ0) is 34.8. The van der Waals surface area contributed by atoms with E-state index in [4.69, 9.17) is 37.4 Å². The fourth-order valence-electron chi connectivity index (χ4n) is 5.06. The Balaban J connectivity index is 1.83. The summed E-state index contributed by atoms with van der Waals surface area (Å²) in [5.41, 5.74) is 1.60. The Morgan fingerprint density at radius 2 is 1.52 bits per heavy atom. The lowest BCUT2D eigenvalue weighted by atomic mass is 10.0. The van der Waals surface area contributed by atoms with Crippen molar-refractivity contribution in [1.29, 1.82) is 0 Å². The van der Waals surface area contributed by atoms with Gasteiger partial charge in [-0.25, -0.2) is 8.42 Å². The van der Waals surface area contributed by atoms with Gasteiger partial charge in [0.15, 0.2) is 11.5 Å². The topological polar surface area (TPSA) is 114 Å². The van der Waals surface area contributed by atoms with Crippen LogP contribution in [0.5, 0.6) is 17.2 Å². The minimum atomic E-state index is -4.39. The molecule has 0 bridgehead atoms. The summed E-state index contributed by atoms with van der Waals surface area (Å²) in [5.74, 6) is -0.00592. The van der Waals surface area contributed by atoms with Crippen LogP contribution >= 0.6 is 23.2 Å². The van der Waals surface area contributed by atoms with Gasteiger partial charge in [-0.1, -0.05) is 59.6 Å². The highest BCUT2D eigenvalue weighted by atomic mass is 35.5. The number of ether oxygens (including phenoxy) is 3. The first-order valence-electron chi connectivity index (χ1n) is 15.0. The van der Waals surface area contributed by atoms with E-state index in [0.717, 1.165) is 9.87 Å². The van der Waals surface area contributed by atoms with E-state index in [1.807, 2.05) is 37.3 Å². The lowest BCUT2D eigenvalue weighted by molar-refractivity contribution is -0.139. The fourth-order valence-corrected chi connectivity index (χ4v) is 6.81. The Morgan fingerprint density at radius 3 is 2.12 bits per heavy atom. The number of halogens is 2. The van der Waals surface area contributed by atoms with Crippen molar-refractivity contribution in [1.82, 2.24) is 10.2 Å². The number of nitrogens with one attached hydrogen (secondary N) is 1. The van der Waals surface area contributed by atoms with Crippen LogP contribution in [0.15, 0.2) is 95.9 Å². The van der Waals surface area contributed by atoms with E-state index >= 15 is 0 Å². The minimum Gasteiger partial charge on any atom is -0.494 e. The molecule has 254 valence electrons. The Morgan fingerprint density at radius 1 is 0.833 bits per heavy atom. The molecule has 2 amide bonds. The molecule has 10 nitrogen and oxygen atoms in total. The largest absolute Gasteiger partial charge is 0.494 e.